The number of allylic oxidation sites excluding steroid dienone is 7. The van der Waals surface area contributed by atoms with E-state index in [0.29, 0.717) is 6.54 Å². The maximum Gasteiger partial charge on any atom is 0.0601 e. The van der Waals surface area contributed by atoms with Gasteiger partial charge in [0.05, 0.1) is 27.9 Å². The van der Waals surface area contributed by atoms with Gasteiger partial charge in [-0.05, 0) is 95.9 Å². The lowest BCUT2D eigenvalue weighted by molar-refractivity contribution is 1.09. The van der Waals surface area contributed by atoms with E-state index in [1.165, 1.54) is 32.9 Å². The Labute approximate surface area is 350 Å². The third-order valence-corrected chi connectivity index (χ3v) is 11.9. The van der Waals surface area contributed by atoms with Gasteiger partial charge in [-0.1, -0.05) is 146 Å². The molecule has 60 heavy (non-hydrogen) atoms. The third-order valence-electron chi connectivity index (χ3n) is 11.9. The molecule has 0 saturated carbocycles. The van der Waals surface area contributed by atoms with Crippen LogP contribution in [0.3, 0.4) is 0 Å². The maximum atomic E-state index is 4.80. The van der Waals surface area contributed by atoms with E-state index in [1.807, 2.05) is 0 Å². The quantitative estimate of drug-likeness (QED) is 0.182. The van der Waals surface area contributed by atoms with Gasteiger partial charge in [-0.2, -0.15) is 0 Å². The Bertz CT molecular complexity index is 3240. The molecular weight excluding hydrogens is 729 g/mol. The molecule has 7 aromatic carbocycles. The van der Waals surface area contributed by atoms with Crippen LogP contribution in [-0.2, 0) is 6.42 Å². The first kappa shape index (κ1) is 35.4. The Hall–Kier alpha value is -7.82. The van der Waals surface area contributed by atoms with Crippen molar-refractivity contribution in [3.63, 3.8) is 0 Å². The van der Waals surface area contributed by atoms with Crippen molar-refractivity contribution in [2.24, 2.45) is 0 Å². The highest BCUT2D eigenvalue weighted by Gasteiger charge is 2.28. The zero-order valence-corrected chi connectivity index (χ0v) is 33.2. The molecule has 0 fully saturated rings. The highest BCUT2D eigenvalue weighted by atomic mass is 15.1. The van der Waals surface area contributed by atoms with Crippen LogP contribution in [0.15, 0.2) is 213 Å². The zero-order valence-electron chi connectivity index (χ0n) is 33.2. The predicted octanol–water partition coefficient (Wildman–Crippen LogP) is 14.5. The first-order valence-electron chi connectivity index (χ1n) is 20.7. The molecule has 0 atom stereocenters. The number of hydrogen-bond donors (Lipinski definition) is 1. The van der Waals surface area contributed by atoms with Crippen LogP contribution in [0.4, 0.5) is 22.7 Å². The molecule has 3 heterocycles. The van der Waals surface area contributed by atoms with Gasteiger partial charge in [0.15, 0.2) is 0 Å². The molecule has 4 nitrogen and oxygen atoms in total. The van der Waals surface area contributed by atoms with Gasteiger partial charge in [-0.15, -0.1) is 0 Å². The Morgan fingerprint density at radius 1 is 0.500 bits per heavy atom. The number of anilines is 4. The molecule has 0 amide bonds. The van der Waals surface area contributed by atoms with Gasteiger partial charge in [-0.25, -0.2) is 0 Å². The number of fused-ring (bicyclic) bond motifs is 8. The molecule has 4 heteroatoms. The van der Waals surface area contributed by atoms with E-state index in [4.69, 9.17) is 6.58 Å². The molecule has 0 saturated heterocycles. The van der Waals surface area contributed by atoms with E-state index in [2.05, 4.69) is 232 Å². The summed E-state index contributed by atoms with van der Waals surface area (Å²) in [7, 11) is 0. The second-order valence-electron chi connectivity index (χ2n) is 15.4. The molecule has 1 N–H and O–H groups in total. The van der Waals surface area contributed by atoms with Crippen LogP contribution in [0.2, 0.25) is 0 Å². The largest absolute Gasteiger partial charge is 0.355 e. The van der Waals surface area contributed by atoms with E-state index < -0.39 is 0 Å². The van der Waals surface area contributed by atoms with Crippen molar-refractivity contribution in [3.05, 3.63) is 230 Å². The molecule has 0 radical (unpaired) electrons. The van der Waals surface area contributed by atoms with Crippen LogP contribution in [0.25, 0.3) is 66.9 Å². The molecule has 2 aromatic heterocycles. The Morgan fingerprint density at radius 3 is 2.00 bits per heavy atom. The van der Waals surface area contributed by atoms with Crippen molar-refractivity contribution in [2.75, 3.05) is 16.8 Å². The molecule has 2 aliphatic rings. The van der Waals surface area contributed by atoms with Crippen LogP contribution in [-0.4, -0.2) is 15.7 Å². The van der Waals surface area contributed by atoms with E-state index in [-0.39, 0.29) is 0 Å². The highest BCUT2D eigenvalue weighted by Crippen LogP contribution is 2.50. The van der Waals surface area contributed by atoms with Gasteiger partial charge in [0.1, 0.15) is 0 Å². The summed E-state index contributed by atoms with van der Waals surface area (Å²) in [5.41, 5.74) is 16.8. The Morgan fingerprint density at radius 2 is 1.17 bits per heavy atom. The molecule has 9 aromatic rings. The minimum absolute atomic E-state index is 0.688. The van der Waals surface area contributed by atoms with E-state index in [1.54, 1.807) is 0 Å². The van der Waals surface area contributed by atoms with Crippen LogP contribution in [0.1, 0.15) is 16.8 Å². The number of benzene rings is 7. The molecule has 11 rings (SSSR count). The van der Waals surface area contributed by atoms with Gasteiger partial charge in [0, 0.05) is 62.3 Å². The SMILES string of the molecule is C=C1/C=C\C=C/CN(c2ccccc2)c2c1c(-c1ccccc1Nc1cccc(-n3c4c(c5ccccc53)CC=CC=C4)c1)cc1c2c2ccccc2n1-c1ccccc1. The van der Waals surface area contributed by atoms with Crippen molar-refractivity contribution in [3.8, 4) is 22.5 Å². The molecular formula is C56H42N4. The van der Waals surface area contributed by atoms with Gasteiger partial charge in [-0.3, -0.25) is 0 Å². The van der Waals surface area contributed by atoms with Crippen LogP contribution >= 0.6 is 0 Å². The lowest BCUT2D eigenvalue weighted by Crippen LogP contribution is -2.19. The van der Waals surface area contributed by atoms with Gasteiger partial charge in [0.2, 0.25) is 0 Å². The summed E-state index contributed by atoms with van der Waals surface area (Å²) < 4.78 is 4.82. The van der Waals surface area contributed by atoms with Crippen molar-refractivity contribution in [1.82, 2.24) is 9.13 Å². The number of nitrogens with zero attached hydrogens (tertiary/aromatic N) is 3. The predicted molar refractivity (Wildman–Crippen MR) is 255 cm³/mol. The molecule has 0 unspecified atom stereocenters. The highest BCUT2D eigenvalue weighted by molar-refractivity contribution is 6.20. The van der Waals surface area contributed by atoms with Gasteiger partial charge in [0.25, 0.3) is 0 Å². The fourth-order valence-electron chi connectivity index (χ4n) is 9.31. The van der Waals surface area contributed by atoms with Crippen molar-refractivity contribution < 1.29 is 0 Å². The van der Waals surface area contributed by atoms with Crippen molar-refractivity contribution in [1.29, 1.82) is 0 Å². The third kappa shape index (κ3) is 5.92. The van der Waals surface area contributed by atoms with Crippen LogP contribution < -0.4 is 10.2 Å². The van der Waals surface area contributed by atoms with Crippen molar-refractivity contribution >= 4 is 67.1 Å². The van der Waals surface area contributed by atoms with Crippen molar-refractivity contribution in [2.45, 2.75) is 6.42 Å². The second-order valence-corrected chi connectivity index (χ2v) is 15.4. The maximum absolute atomic E-state index is 4.80. The average Bonchev–Trinajstić information content (AvgIpc) is 3.70. The fourth-order valence-corrected chi connectivity index (χ4v) is 9.31. The number of aromatic nitrogens is 2. The average molecular weight is 771 g/mol. The van der Waals surface area contributed by atoms with Crippen LogP contribution in [0, 0.1) is 0 Å². The van der Waals surface area contributed by atoms with E-state index >= 15 is 0 Å². The topological polar surface area (TPSA) is 25.1 Å². The lowest BCUT2D eigenvalue weighted by Gasteiger charge is -2.30. The number of rotatable bonds is 6. The molecule has 0 spiro atoms. The second kappa shape index (κ2) is 14.8. The lowest BCUT2D eigenvalue weighted by atomic mass is 9.89. The minimum atomic E-state index is 0.688. The standard InChI is InChI=1S/C56H42N4/c1-39-21-6-5-19-36-58(41-23-7-2-8-24-41)56-54(39)48(38-53-55(56)47-31-15-18-35-52(47)59(53)42-25-9-3-10-26-42)44-28-13-16-32-49(44)57-40-22-20-27-43(37-40)60-50-33-12-4-11-29-45(50)46-30-14-17-34-51(46)60/h2-28,30-35,37-38,57H,1,29,36H2/b19-5-,21-6-. The monoisotopic (exact) mass is 770 g/mol. The summed E-state index contributed by atoms with van der Waals surface area (Å²) in [6.45, 7) is 5.49. The van der Waals surface area contributed by atoms with E-state index in [9.17, 15) is 0 Å². The summed E-state index contributed by atoms with van der Waals surface area (Å²) in [5, 5.41) is 7.60. The summed E-state index contributed by atoms with van der Waals surface area (Å²) in [4.78, 5) is 2.46. The van der Waals surface area contributed by atoms with E-state index in [0.717, 1.165) is 73.8 Å². The summed E-state index contributed by atoms with van der Waals surface area (Å²) in [6.07, 6.45) is 18.3. The summed E-state index contributed by atoms with van der Waals surface area (Å²) >= 11 is 0. The first-order valence-corrected chi connectivity index (χ1v) is 20.7. The molecule has 286 valence electrons. The number of hydrogen-bond acceptors (Lipinski definition) is 2. The van der Waals surface area contributed by atoms with Gasteiger partial charge >= 0.3 is 0 Å². The van der Waals surface area contributed by atoms with Crippen LogP contribution in [0.5, 0.6) is 0 Å². The number of para-hydroxylation sites is 5. The molecule has 0 bridgehead atoms. The normalized spacial score (nSPS) is 14.7. The summed E-state index contributed by atoms with van der Waals surface area (Å²) in [6, 6.07) is 58.9. The summed E-state index contributed by atoms with van der Waals surface area (Å²) in [5.74, 6) is 0. The van der Waals surface area contributed by atoms with Gasteiger partial charge < -0.3 is 19.4 Å². The zero-order chi connectivity index (χ0) is 40.0. The Balaban J connectivity index is 1.16. The first-order chi connectivity index (χ1) is 29.7. The fraction of sp³-hybridized carbons (Fsp3) is 0.0357. The smallest absolute Gasteiger partial charge is 0.0601 e. The Kier molecular flexibility index (Phi) is 8.75. The molecule has 1 aliphatic carbocycles. The minimum Gasteiger partial charge on any atom is -0.355 e. The molecule has 1 aliphatic heterocycles. The number of nitrogens with one attached hydrogen (secondary N) is 1.